The summed E-state index contributed by atoms with van der Waals surface area (Å²) in [5, 5.41) is 2.57. The standard InChI is InChI=1S/C16H20BrNO3/c1-11(15(20)21-16(2,3)4)18-14(19)10-7-12-5-8-13(17)9-6-12/h5-11H,1-4H3,(H,18,19)/b10-7+/t11-/m1/s1. The van der Waals surface area contributed by atoms with E-state index in [1.807, 2.05) is 24.3 Å². The van der Waals surface area contributed by atoms with Crippen LogP contribution in [0.2, 0.25) is 0 Å². The van der Waals surface area contributed by atoms with Crippen molar-refractivity contribution in [2.24, 2.45) is 0 Å². The molecule has 0 saturated heterocycles. The molecule has 1 aromatic rings. The maximum Gasteiger partial charge on any atom is 0.328 e. The Balaban J connectivity index is 2.53. The summed E-state index contributed by atoms with van der Waals surface area (Å²) in [5.41, 5.74) is 0.335. The van der Waals surface area contributed by atoms with Gasteiger partial charge in [-0.2, -0.15) is 0 Å². The lowest BCUT2D eigenvalue weighted by Crippen LogP contribution is -2.41. The molecule has 1 atom stereocenters. The van der Waals surface area contributed by atoms with Crippen LogP contribution in [-0.4, -0.2) is 23.5 Å². The van der Waals surface area contributed by atoms with E-state index in [4.69, 9.17) is 4.74 Å². The van der Waals surface area contributed by atoms with Crippen molar-refractivity contribution in [3.8, 4) is 0 Å². The Kier molecular flexibility index (Phi) is 6.15. The van der Waals surface area contributed by atoms with Gasteiger partial charge < -0.3 is 10.1 Å². The van der Waals surface area contributed by atoms with Gasteiger partial charge >= 0.3 is 5.97 Å². The molecule has 0 radical (unpaired) electrons. The predicted molar refractivity (Wildman–Crippen MR) is 86.6 cm³/mol. The average Bonchev–Trinajstić information content (AvgIpc) is 2.36. The molecular formula is C16H20BrNO3. The van der Waals surface area contributed by atoms with E-state index in [1.165, 1.54) is 6.08 Å². The van der Waals surface area contributed by atoms with Crippen LogP contribution in [0.1, 0.15) is 33.3 Å². The van der Waals surface area contributed by atoms with Gasteiger partial charge in [-0.3, -0.25) is 4.79 Å². The summed E-state index contributed by atoms with van der Waals surface area (Å²) in [6.45, 7) is 6.95. The van der Waals surface area contributed by atoms with Gasteiger partial charge in [0.1, 0.15) is 11.6 Å². The number of hydrogen-bond acceptors (Lipinski definition) is 3. The van der Waals surface area contributed by atoms with Crippen LogP contribution in [0.15, 0.2) is 34.8 Å². The third kappa shape index (κ3) is 7.09. The fourth-order valence-corrected chi connectivity index (χ4v) is 1.72. The molecular weight excluding hydrogens is 334 g/mol. The topological polar surface area (TPSA) is 55.4 Å². The largest absolute Gasteiger partial charge is 0.458 e. The highest BCUT2D eigenvalue weighted by molar-refractivity contribution is 9.10. The zero-order valence-corrected chi connectivity index (χ0v) is 14.2. The number of hydrogen-bond donors (Lipinski definition) is 1. The molecule has 0 saturated carbocycles. The normalized spacial score (nSPS) is 13.0. The first-order chi connectivity index (χ1) is 9.67. The monoisotopic (exact) mass is 353 g/mol. The Bertz CT molecular complexity index is 529. The summed E-state index contributed by atoms with van der Waals surface area (Å²) < 4.78 is 6.17. The maximum absolute atomic E-state index is 11.7. The molecule has 0 fully saturated rings. The number of carbonyl (C=O) groups is 2. The molecule has 1 N–H and O–H groups in total. The lowest BCUT2D eigenvalue weighted by molar-refractivity contribution is -0.157. The van der Waals surface area contributed by atoms with Crippen molar-refractivity contribution in [2.75, 3.05) is 0 Å². The first kappa shape index (κ1) is 17.4. The third-order valence-corrected chi connectivity index (χ3v) is 2.94. The third-order valence-electron chi connectivity index (χ3n) is 2.42. The highest BCUT2D eigenvalue weighted by atomic mass is 79.9. The zero-order chi connectivity index (χ0) is 16.0. The molecule has 0 aliphatic rings. The minimum atomic E-state index is -0.689. The molecule has 21 heavy (non-hydrogen) atoms. The molecule has 0 bridgehead atoms. The number of esters is 1. The summed E-state index contributed by atoms with van der Waals surface area (Å²) in [6, 6.07) is 6.85. The van der Waals surface area contributed by atoms with E-state index in [-0.39, 0.29) is 5.91 Å². The van der Waals surface area contributed by atoms with E-state index in [0.717, 1.165) is 10.0 Å². The Labute approximate surface area is 133 Å². The van der Waals surface area contributed by atoms with E-state index < -0.39 is 17.6 Å². The minimum absolute atomic E-state index is 0.337. The van der Waals surface area contributed by atoms with Crippen LogP contribution in [-0.2, 0) is 14.3 Å². The Morgan fingerprint density at radius 2 is 1.81 bits per heavy atom. The van der Waals surface area contributed by atoms with Gasteiger partial charge in [-0.15, -0.1) is 0 Å². The molecule has 0 heterocycles. The second-order valence-electron chi connectivity index (χ2n) is 5.65. The van der Waals surface area contributed by atoms with Crippen LogP contribution in [0.5, 0.6) is 0 Å². The van der Waals surface area contributed by atoms with E-state index >= 15 is 0 Å². The van der Waals surface area contributed by atoms with Crippen molar-refractivity contribution in [1.29, 1.82) is 0 Å². The predicted octanol–water partition coefficient (Wildman–Crippen LogP) is 3.31. The molecule has 0 aliphatic carbocycles. The van der Waals surface area contributed by atoms with Gasteiger partial charge in [0.25, 0.3) is 0 Å². The van der Waals surface area contributed by atoms with E-state index in [0.29, 0.717) is 0 Å². The van der Waals surface area contributed by atoms with Crippen LogP contribution in [0, 0.1) is 0 Å². The summed E-state index contributed by atoms with van der Waals surface area (Å²) in [6.07, 6.45) is 3.08. The number of ether oxygens (including phenoxy) is 1. The number of carbonyl (C=O) groups excluding carboxylic acids is 2. The first-order valence-electron chi connectivity index (χ1n) is 6.64. The Morgan fingerprint density at radius 1 is 1.24 bits per heavy atom. The molecule has 0 spiro atoms. The maximum atomic E-state index is 11.7. The van der Waals surface area contributed by atoms with Crippen LogP contribution in [0.25, 0.3) is 6.08 Å². The molecule has 1 aromatic carbocycles. The highest BCUT2D eigenvalue weighted by Crippen LogP contribution is 2.11. The summed E-state index contributed by atoms with van der Waals surface area (Å²) in [5.74, 6) is -0.788. The van der Waals surface area contributed by atoms with E-state index in [2.05, 4.69) is 21.2 Å². The van der Waals surface area contributed by atoms with Crippen molar-refractivity contribution in [3.05, 3.63) is 40.4 Å². The van der Waals surface area contributed by atoms with E-state index in [9.17, 15) is 9.59 Å². The SMILES string of the molecule is C[C@@H](NC(=O)/C=C/c1ccc(Br)cc1)C(=O)OC(C)(C)C. The second kappa shape index (κ2) is 7.41. The van der Waals surface area contributed by atoms with Crippen molar-refractivity contribution < 1.29 is 14.3 Å². The summed E-state index contributed by atoms with van der Waals surface area (Å²) in [4.78, 5) is 23.5. The summed E-state index contributed by atoms with van der Waals surface area (Å²) >= 11 is 3.34. The Hall–Kier alpha value is -1.62. The van der Waals surface area contributed by atoms with Crippen molar-refractivity contribution in [1.82, 2.24) is 5.32 Å². The quantitative estimate of drug-likeness (QED) is 0.667. The van der Waals surface area contributed by atoms with Crippen LogP contribution in [0.4, 0.5) is 0 Å². The number of amides is 1. The summed E-state index contributed by atoms with van der Waals surface area (Å²) in [7, 11) is 0. The molecule has 0 aromatic heterocycles. The highest BCUT2D eigenvalue weighted by Gasteiger charge is 2.22. The van der Waals surface area contributed by atoms with Crippen molar-refractivity contribution >= 4 is 33.9 Å². The lowest BCUT2D eigenvalue weighted by Gasteiger charge is -2.22. The molecule has 114 valence electrons. The van der Waals surface area contributed by atoms with Gasteiger partial charge in [0.15, 0.2) is 0 Å². The molecule has 0 aliphatic heterocycles. The molecule has 5 heteroatoms. The van der Waals surface area contributed by atoms with Crippen molar-refractivity contribution in [3.63, 3.8) is 0 Å². The van der Waals surface area contributed by atoms with Gasteiger partial charge in [-0.1, -0.05) is 28.1 Å². The van der Waals surface area contributed by atoms with Crippen LogP contribution < -0.4 is 5.32 Å². The number of rotatable bonds is 4. The number of benzene rings is 1. The Morgan fingerprint density at radius 3 is 2.33 bits per heavy atom. The zero-order valence-electron chi connectivity index (χ0n) is 12.6. The fourth-order valence-electron chi connectivity index (χ4n) is 1.46. The van der Waals surface area contributed by atoms with Gasteiger partial charge in [0.2, 0.25) is 5.91 Å². The van der Waals surface area contributed by atoms with E-state index in [1.54, 1.807) is 33.8 Å². The van der Waals surface area contributed by atoms with Crippen LogP contribution >= 0.6 is 15.9 Å². The van der Waals surface area contributed by atoms with Crippen molar-refractivity contribution in [2.45, 2.75) is 39.3 Å². The smallest absolute Gasteiger partial charge is 0.328 e. The fraction of sp³-hybridized carbons (Fsp3) is 0.375. The second-order valence-corrected chi connectivity index (χ2v) is 6.56. The number of halogens is 1. The van der Waals surface area contributed by atoms with Crippen LogP contribution in [0.3, 0.4) is 0 Å². The van der Waals surface area contributed by atoms with Gasteiger partial charge in [-0.25, -0.2) is 4.79 Å². The molecule has 0 unspecified atom stereocenters. The molecule has 1 amide bonds. The number of nitrogens with one attached hydrogen (secondary N) is 1. The van der Waals surface area contributed by atoms with Gasteiger partial charge in [0.05, 0.1) is 0 Å². The van der Waals surface area contributed by atoms with Gasteiger partial charge in [0, 0.05) is 10.5 Å². The lowest BCUT2D eigenvalue weighted by atomic mass is 10.2. The average molecular weight is 354 g/mol. The molecule has 4 nitrogen and oxygen atoms in total. The molecule has 1 rings (SSSR count). The first-order valence-corrected chi connectivity index (χ1v) is 7.44. The van der Waals surface area contributed by atoms with Gasteiger partial charge in [-0.05, 0) is 51.5 Å². The minimum Gasteiger partial charge on any atom is -0.458 e.